The van der Waals surface area contributed by atoms with Crippen LogP contribution in [0, 0.1) is 0 Å². The minimum absolute atomic E-state index is 0.118. The molecule has 2 heterocycles. The lowest BCUT2D eigenvalue weighted by Crippen LogP contribution is -2.40. The fourth-order valence-corrected chi connectivity index (χ4v) is 2.48. The molecule has 0 saturated carbocycles. The third kappa shape index (κ3) is 2.25. The van der Waals surface area contributed by atoms with E-state index in [2.05, 4.69) is 4.37 Å². The predicted octanol–water partition coefficient (Wildman–Crippen LogP) is 1.92. The standard InChI is InChI=1S/C8H8Cl2N2O2S/c9-5-6(15-11-7(5)10)8(13)12-1-3-14-4-2-12/h1-4H2. The van der Waals surface area contributed by atoms with Crippen molar-refractivity contribution in [3.63, 3.8) is 0 Å². The number of amides is 1. The number of hydrogen-bond acceptors (Lipinski definition) is 4. The van der Waals surface area contributed by atoms with Gasteiger partial charge in [-0.2, -0.15) is 4.37 Å². The average Bonchev–Trinajstić information content (AvgIpc) is 2.60. The molecule has 0 atom stereocenters. The smallest absolute Gasteiger partial charge is 0.267 e. The van der Waals surface area contributed by atoms with Crippen LogP contribution >= 0.6 is 34.7 Å². The van der Waals surface area contributed by atoms with Crippen LogP contribution in [0.5, 0.6) is 0 Å². The number of aromatic nitrogens is 1. The monoisotopic (exact) mass is 266 g/mol. The maximum atomic E-state index is 11.9. The first-order valence-corrected chi connectivity index (χ1v) is 5.91. The van der Waals surface area contributed by atoms with Gasteiger partial charge < -0.3 is 9.64 Å². The van der Waals surface area contributed by atoms with Gasteiger partial charge >= 0.3 is 0 Å². The van der Waals surface area contributed by atoms with Gasteiger partial charge in [-0.1, -0.05) is 23.2 Å². The molecule has 0 N–H and O–H groups in total. The van der Waals surface area contributed by atoms with Crippen molar-refractivity contribution in [2.24, 2.45) is 0 Å². The molecule has 0 aliphatic carbocycles. The maximum Gasteiger partial charge on any atom is 0.267 e. The number of carbonyl (C=O) groups is 1. The predicted molar refractivity (Wildman–Crippen MR) is 58.9 cm³/mol. The average molecular weight is 267 g/mol. The Morgan fingerprint density at radius 3 is 2.60 bits per heavy atom. The lowest BCUT2D eigenvalue weighted by molar-refractivity contribution is 0.0306. The molecule has 1 aliphatic heterocycles. The van der Waals surface area contributed by atoms with Crippen LogP contribution in [0.15, 0.2) is 0 Å². The molecule has 82 valence electrons. The van der Waals surface area contributed by atoms with Gasteiger partial charge in [0.1, 0.15) is 9.90 Å². The number of rotatable bonds is 1. The Morgan fingerprint density at radius 1 is 1.40 bits per heavy atom. The van der Waals surface area contributed by atoms with Crippen molar-refractivity contribution in [1.82, 2.24) is 9.27 Å². The molecular weight excluding hydrogens is 259 g/mol. The lowest BCUT2D eigenvalue weighted by atomic mass is 10.3. The highest BCUT2D eigenvalue weighted by Crippen LogP contribution is 2.29. The van der Waals surface area contributed by atoms with Crippen LogP contribution < -0.4 is 0 Å². The van der Waals surface area contributed by atoms with Crippen LogP contribution in [0.2, 0.25) is 10.2 Å². The second kappa shape index (κ2) is 4.65. The summed E-state index contributed by atoms with van der Waals surface area (Å²) in [5.41, 5.74) is 0. The molecule has 1 amide bonds. The highest BCUT2D eigenvalue weighted by Gasteiger charge is 2.24. The van der Waals surface area contributed by atoms with Gasteiger partial charge in [0.15, 0.2) is 5.15 Å². The summed E-state index contributed by atoms with van der Waals surface area (Å²) < 4.78 is 8.98. The highest BCUT2D eigenvalue weighted by atomic mass is 35.5. The summed E-state index contributed by atoms with van der Waals surface area (Å²) in [4.78, 5) is 14.0. The van der Waals surface area contributed by atoms with Crippen molar-refractivity contribution in [2.45, 2.75) is 0 Å². The number of nitrogens with zero attached hydrogens (tertiary/aromatic N) is 2. The molecule has 0 radical (unpaired) electrons. The maximum absolute atomic E-state index is 11.9. The molecule has 7 heteroatoms. The molecule has 2 rings (SSSR count). The van der Waals surface area contributed by atoms with E-state index in [4.69, 9.17) is 27.9 Å². The first-order chi connectivity index (χ1) is 7.20. The van der Waals surface area contributed by atoms with E-state index in [0.717, 1.165) is 11.5 Å². The number of carbonyl (C=O) groups excluding carboxylic acids is 1. The molecule has 0 unspecified atom stereocenters. The molecular formula is C8H8Cl2N2O2S. The minimum atomic E-state index is -0.118. The molecule has 1 saturated heterocycles. The van der Waals surface area contributed by atoms with E-state index in [0.29, 0.717) is 31.2 Å². The summed E-state index contributed by atoms with van der Waals surface area (Å²) in [6.45, 7) is 2.31. The normalized spacial score (nSPS) is 16.8. The van der Waals surface area contributed by atoms with E-state index < -0.39 is 0 Å². The van der Waals surface area contributed by atoms with Crippen molar-refractivity contribution in [3.05, 3.63) is 15.1 Å². The number of ether oxygens (including phenoxy) is 1. The zero-order valence-corrected chi connectivity index (χ0v) is 10.0. The van der Waals surface area contributed by atoms with E-state index in [1.54, 1.807) is 4.90 Å². The summed E-state index contributed by atoms with van der Waals surface area (Å²) in [7, 11) is 0. The van der Waals surface area contributed by atoms with Gasteiger partial charge in [-0.25, -0.2) is 0 Å². The highest BCUT2D eigenvalue weighted by molar-refractivity contribution is 7.09. The van der Waals surface area contributed by atoms with Gasteiger partial charge in [-0.3, -0.25) is 4.79 Å². The molecule has 4 nitrogen and oxygen atoms in total. The summed E-state index contributed by atoms with van der Waals surface area (Å²) in [6.07, 6.45) is 0. The van der Waals surface area contributed by atoms with Crippen LogP contribution in [0.3, 0.4) is 0 Å². The Morgan fingerprint density at radius 2 is 2.07 bits per heavy atom. The third-order valence-corrected chi connectivity index (χ3v) is 3.88. The second-order valence-electron chi connectivity index (χ2n) is 3.02. The Balaban J connectivity index is 2.16. The quantitative estimate of drug-likeness (QED) is 0.780. The van der Waals surface area contributed by atoms with Crippen molar-refractivity contribution >= 4 is 40.6 Å². The second-order valence-corrected chi connectivity index (χ2v) is 4.53. The number of morpholine rings is 1. The Labute approximate surface area is 101 Å². The molecule has 1 fully saturated rings. The molecule has 0 spiro atoms. The fraction of sp³-hybridized carbons (Fsp3) is 0.500. The zero-order chi connectivity index (χ0) is 10.8. The Hall–Kier alpha value is -0.360. The molecule has 1 aromatic heterocycles. The van der Waals surface area contributed by atoms with E-state index >= 15 is 0 Å². The number of halogens is 2. The van der Waals surface area contributed by atoms with Crippen LogP contribution in [-0.4, -0.2) is 41.5 Å². The van der Waals surface area contributed by atoms with Crippen molar-refractivity contribution in [2.75, 3.05) is 26.3 Å². The van der Waals surface area contributed by atoms with E-state index in [1.807, 2.05) is 0 Å². The van der Waals surface area contributed by atoms with E-state index in [9.17, 15) is 4.79 Å². The van der Waals surface area contributed by atoms with Crippen LogP contribution in [-0.2, 0) is 4.74 Å². The molecule has 0 bridgehead atoms. The summed E-state index contributed by atoms with van der Waals surface area (Å²) in [6, 6.07) is 0. The topological polar surface area (TPSA) is 42.4 Å². The fourth-order valence-electron chi connectivity index (χ4n) is 1.30. The third-order valence-electron chi connectivity index (χ3n) is 2.09. The molecule has 1 aromatic rings. The molecule has 0 aromatic carbocycles. The van der Waals surface area contributed by atoms with Gasteiger partial charge in [0.2, 0.25) is 0 Å². The molecule has 1 aliphatic rings. The zero-order valence-electron chi connectivity index (χ0n) is 7.70. The number of hydrogen-bond donors (Lipinski definition) is 0. The lowest BCUT2D eigenvalue weighted by Gasteiger charge is -2.26. The summed E-state index contributed by atoms with van der Waals surface area (Å²) in [5.74, 6) is -0.118. The summed E-state index contributed by atoms with van der Waals surface area (Å²) in [5, 5.41) is 0.441. The van der Waals surface area contributed by atoms with E-state index in [1.165, 1.54) is 0 Å². The van der Waals surface area contributed by atoms with Crippen LogP contribution in [0.25, 0.3) is 0 Å². The summed E-state index contributed by atoms with van der Waals surface area (Å²) >= 11 is 12.6. The Bertz CT molecular complexity index is 377. The van der Waals surface area contributed by atoms with Gasteiger partial charge in [0.25, 0.3) is 5.91 Å². The molecule has 15 heavy (non-hydrogen) atoms. The van der Waals surface area contributed by atoms with Crippen molar-refractivity contribution in [1.29, 1.82) is 0 Å². The van der Waals surface area contributed by atoms with Crippen molar-refractivity contribution in [3.8, 4) is 0 Å². The van der Waals surface area contributed by atoms with Gasteiger partial charge in [0.05, 0.1) is 13.2 Å². The van der Waals surface area contributed by atoms with Crippen molar-refractivity contribution < 1.29 is 9.53 Å². The Kier molecular flexibility index (Phi) is 3.45. The van der Waals surface area contributed by atoms with Crippen LogP contribution in [0.4, 0.5) is 0 Å². The first-order valence-electron chi connectivity index (χ1n) is 4.38. The largest absolute Gasteiger partial charge is 0.378 e. The van der Waals surface area contributed by atoms with Gasteiger partial charge in [0, 0.05) is 13.1 Å². The SMILES string of the molecule is O=C(c1snc(Cl)c1Cl)N1CCOCC1. The van der Waals surface area contributed by atoms with Crippen LogP contribution in [0.1, 0.15) is 9.67 Å². The first kappa shape index (κ1) is 11.1. The minimum Gasteiger partial charge on any atom is -0.378 e. The van der Waals surface area contributed by atoms with Gasteiger partial charge in [-0.15, -0.1) is 0 Å². The van der Waals surface area contributed by atoms with Gasteiger partial charge in [-0.05, 0) is 11.5 Å². The van der Waals surface area contributed by atoms with E-state index in [-0.39, 0.29) is 16.1 Å².